The van der Waals surface area contributed by atoms with Gasteiger partial charge in [-0.25, -0.2) is 18.1 Å². The van der Waals surface area contributed by atoms with Crippen molar-refractivity contribution in [1.82, 2.24) is 19.2 Å². The first-order valence-corrected chi connectivity index (χ1v) is 6.24. The third-order valence-electron chi connectivity index (χ3n) is 2.02. The van der Waals surface area contributed by atoms with Gasteiger partial charge in [-0.2, -0.15) is 0 Å². The molecule has 0 unspecified atom stereocenters. The molecule has 0 saturated heterocycles. The van der Waals surface area contributed by atoms with E-state index in [1.807, 2.05) is 19.0 Å². The predicted molar refractivity (Wildman–Crippen MR) is 61.4 cm³/mol. The van der Waals surface area contributed by atoms with Gasteiger partial charge in [-0.15, -0.1) is 0 Å². The molecular formula is C8H17N5O2S. The molecule has 16 heavy (non-hydrogen) atoms. The molecule has 8 heteroatoms. The molecule has 0 aromatic carbocycles. The molecule has 92 valence electrons. The first kappa shape index (κ1) is 12.9. The molecule has 0 aliphatic heterocycles. The molecule has 0 aliphatic carbocycles. The summed E-state index contributed by atoms with van der Waals surface area (Å²) in [5, 5.41) is 0.00579. The summed E-state index contributed by atoms with van der Waals surface area (Å²) in [4.78, 5) is 5.62. The number of anilines is 1. The van der Waals surface area contributed by atoms with Crippen molar-refractivity contribution < 1.29 is 8.42 Å². The molecule has 3 N–H and O–H groups in total. The van der Waals surface area contributed by atoms with Gasteiger partial charge in [0.05, 0.1) is 6.33 Å². The van der Waals surface area contributed by atoms with Crippen molar-refractivity contribution in [2.75, 3.05) is 32.9 Å². The van der Waals surface area contributed by atoms with E-state index in [0.29, 0.717) is 13.1 Å². The third-order valence-corrected chi connectivity index (χ3v) is 3.61. The molecule has 1 heterocycles. The predicted octanol–water partition coefficient (Wildman–Crippen LogP) is -1.16. The van der Waals surface area contributed by atoms with Crippen LogP contribution in [0.4, 0.5) is 5.82 Å². The van der Waals surface area contributed by atoms with Crippen LogP contribution in [0, 0.1) is 0 Å². The number of sulfonamides is 1. The highest BCUT2D eigenvalue weighted by molar-refractivity contribution is 7.89. The Morgan fingerprint density at radius 3 is 2.62 bits per heavy atom. The number of aromatic nitrogens is 2. The van der Waals surface area contributed by atoms with Crippen molar-refractivity contribution in [3.63, 3.8) is 0 Å². The monoisotopic (exact) mass is 247 g/mol. The minimum Gasteiger partial charge on any atom is -0.381 e. The maximum Gasteiger partial charge on any atom is 0.260 e. The van der Waals surface area contributed by atoms with E-state index in [4.69, 9.17) is 5.73 Å². The molecular weight excluding hydrogens is 230 g/mol. The smallest absolute Gasteiger partial charge is 0.260 e. The Bertz CT molecular complexity index is 431. The van der Waals surface area contributed by atoms with Crippen molar-refractivity contribution >= 4 is 15.8 Å². The lowest BCUT2D eigenvalue weighted by Crippen LogP contribution is -2.32. The summed E-state index contributed by atoms with van der Waals surface area (Å²) in [6, 6.07) is 0. The van der Waals surface area contributed by atoms with Gasteiger partial charge >= 0.3 is 0 Å². The van der Waals surface area contributed by atoms with Crippen LogP contribution >= 0.6 is 0 Å². The van der Waals surface area contributed by atoms with Gasteiger partial charge in [-0.3, -0.25) is 0 Å². The van der Waals surface area contributed by atoms with Crippen molar-refractivity contribution in [3.05, 3.63) is 6.33 Å². The number of hydrogen-bond acceptors (Lipinski definition) is 5. The highest BCUT2D eigenvalue weighted by atomic mass is 32.2. The summed E-state index contributed by atoms with van der Waals surface area (Å²) >= 11 is 0. The standard InChI is InChI=1S/C8H17N5O2S/c1-12(2)5-4-11-16(14,15)8-7(9)10-6-13(8)3/h6,11H,4-5,9H2,1-3H3. The molecule has 0 saturated carbocycles. The van der Waals surface area contributed by atoms with Crippen LogP contribution in [-0.4, -0.2) is 50.1 Å². The lowest BCUT2D eigenvalue weighted by molar-refractivity contribution is 0.412. The second-order valence-corrected chi connectivity index (χ2v) is 5.43. The summed E-state index contributed by atoms with van der Waals surface area (Å²) in [5.41, 5.74) is 5.50. The largest absolute Gasteiger partial charge is 0.381 e. The van der Waals surface area contributed by atoms with E-state index in [9.17, 15) is 8.42 Å². The molecule has 0 aliphatic rings. The zero-order valence-corrected chi connectivity index (χ0v) is 10.5. The second kappa shape index (κ2) is 4.81. The Morgan fingerprint density at radius 2 is 2.19 bits per heavy atom. The number of likely N-dealkylation sites (N-methyl/N-ethyl adjacent to an activating group) is 1. The van der Waals surface area contributed by atoms with Crippen LogP contribution in [0.5, 0.6) is 0 Å². The molecule has 0 spiro atoms. The van der Waals surface area contributed by atoms with E-state index in [2.05, 4.69) is 9.71 Å². The molecule has 1 aromatic heterocycles. The number of hydrogen-bond donors (Lipinski definition) is 2. The summed E-state index contributed by atoms with van der Waals surface area (Å²) in [7, 11) is 1.75. The Labute approximate surface area is 95.3 Å². The summed E-state index contributed by atoms with van der Waals surface area (Å²) in [5.74, 6) is 0.0138. The minimum absolute atomic E-state index is 0.00579. The lowest BCUT2D eigenvalue weighted by atomic mass is 10.6. The lowest BCUT2D eigenvalue weighted by Gasteiger charge is -2.11. The van der Waals surface area contributed by atoms with Gasteiger partial charge in [0.15, 0.2) is 10.8 Å². The molecule has 0 amide bonds. The van der Waals surface area contributed by atoms with Gasteiger partial charge < -0.3 is 15.2 Å². The molecule has 1 rings (SSSR count). The highest BCUT2D eigenvalue weighted by Gasteiger charge is 2.21. The zero-order chi connectivity index (χ0) is 12.3. The molecule has 0 fully saturated rings. The highest BCUT2D eigenvalue weighted by Crippen LogP contribution is 2.14. The Balaban J connectivity index is 2.79. The zero-order valence-electron chi connectivity index (χ0n) is 9.64. The van der Waals surface area contributed by atoms with Crippen molar-refractivity contribution in [3.8, 4) is 0 Å². The van der Waals surface area contributed by atoms with Gasteiger partial charge in [0.2, 0.25) is 0 Å². The van der Waals surface area contributed by atoms with Crippen LogP contribution in [0.2, 0.25) is 0 Å². The van der Waals surface area contributed by atoms with E-state index < -0.39 is 10.0 Å². The van der Waals surface area contributed by atoms with E-state index >= 15 is 0 Å². The van der Waals surface area contributed by atoms with E-state index in [-0.39, 0.29) is 10.8 Å². The van der Waals surface area contributed by atoms with Crippen LogP contribution < -0.4 is 10.5 Å². The fourth-order valence-electron chi connectivity index (χ4n) is 1.24. The summed E-state index contributed by atoms with van der Waals surface area (Å²) < 4.78 is 27.5. The van der Waals surface area contributed by atoms with Gasteiger partial charge in [-0.1, -0.05) is 0 Å². The van der Waals surface area contributed by atoms with Crippen LogP contribution in [0.15, 0.2) is 11.4 Å². The topological polar surface area (TPSA) is 93.2 Å². The van der Waals surface area contributed by atoms with E-state index in [0.717, 1.165) is 0 Å². The van der Waals surface area contributed by atoms with Crippen LogP contribution in [0.1, 0.15) is 0 Å². The quantitative estimate of drug-likeness (QED) is 0.685. The first-order chi connectivity index (χ1) is 7.34. The third kappa shape index (κ3) is 2.94. The number of nitrogens with two attached hydrogens (primary N) is 1. The number of rotatable bonds is 5. The maximum absolute atomic E-state index is 11.8. The van der Waals surface area contributed by atoms with Crippen LogP contribution in [0.25, 0.3) is 0 Å². The molecule has 0 radical (unpaired) electrons. The Morgan fingerprint density at radius 1 is 1.56 bits per heavy atom. The molecule has 7 nitrogen and oxygen atoms in total. The summed E-state index contributed by atoms with van der Waals surface area (Å²) in [6.07, 6.45) is 1.37. The number of nitrogen functional groups attached to an aromatic ring is 1. The number of nitrogens with one attached hydrogen (secondary N) is 1. The van der Waals surface area contributed by atoms with Crippen LogP contribution in [-0.2, 0) is 17.1 Å². The fourth-order valence-corrected chi connectivity index (χ4v) is 2.49. The van der Waals surface area contributed by atoms with Crippen molar-refractivity contribution in [2.24, 2.45) is 7.05 Å². The normalized spacial score (nSPS) is 12.2. The molecule has 0 atom stereocenters. The summed E-state index contributed by atoms with van der Waals surface area (Å²) in [6.45, 7) is 0.955. The SMILES string of the molecule is CN(C)CCNS(=O)(=O)c1c(N)ncn1C. The van der Waals surface area contributed by atoms with Crippen LogP contribution in [0.3, 0.4) is 0 Å². The molecule has 0 bridgehead atoms. The average Bonchev–Trinajstić information content (AvgIpc) is 2.45. The van der Waals surface area contributed by atoms with Gasteiger partial charge in [0, 0.05) is 20.1 Å². The average molecular weight is 247 g/mol. The first-order valence-electron chi connectivity index (χ1n) is 4.76. The maximum atomic E-state index is 11.8. The van der Waals surface area contributed by atoms with Gasteiger partial charge in [0.25, 0.3) is 10.0 Å². The van der Waals surface area contributed by atoms with E-state index in [1.54, 1.807) is 7.05 Å². The molecule has 1 aromatic rings. The van der Waals surface area contributed by atoms with Crippen molar-refractivity contribution in [2.45, 2.75) is 5.03 Å². The number of imidazole rings is 1. The Kier molecular flexibility index (Phi) is 3.89. The number of nitrogens with zero attached hydrogens (tertiary/aromatic N) is 3. The van der Waals surface area contributed by atoms with E-state index in [1.165, 1.54) is 10.9 Å². The number of aryl methyl sites for hydroxylation is 1. The minimum atomic E-state index is -3.58. The van der Waals surface area contributed by atoms with Gasteiger partial charge in [-0.05, 0) is 14.1 Å². The fraction of sp³-hybridized carbons (Fsp3) is 0.625. The Hall–Kier alpha value is -1.12. The second-order valence-electron chi connectivity index (χ2n) is 3.75. The van der Waals surface area contributed by atoms with Gasteiger partial charge in [0.1, 0.15) is 0 Å². The van der Waals surface area contributed by atoms with Crippen molar-refractivity contribution in [1.29, 1.82) is 0 Å².